The third-order valence-electron chi connectivity index (χ3n) is 8.84. The summed E-state index contributed by atoms with van der Waals surface area (Å²) in [6.07, 6.45) is 4.22. The summed E-state index contributed by atoms with van der Waals surface area (Å²) in [6, 6.07) is 11.2. The van der Waals surface area contributed by atoms with Gasteiger partial charge in [-0.3, -0.25) is 4.79 Å². The van der Waals surface area contributed by atoms with Crippen molar-refractivity contribution < 1.29 is 18.3 Å². The number of likely N-dealkylation sites (tertiary alicyclic amines) is 1. The highest BCUT2D eigenvalue weighted by atomic mass is 19.3. The first-order chi connectivity index (χ1) is 21.0. The molecule has 4 heterocycles. The van der Waals surface area contributed by atoms with E-state index in [1.807, 2.05) is 24.3 Å². The van der Waals surface area contributed by atoms with Crippen LogP contribution >= 0.6 is 0 Å². The first-order valence-corrected chi connectivity index (χ1v) is 15.5. The highest BCUT2D eigenvalue weighted by Crippen LogP contribution is 2.37. The first-order valence-electron chi connectivity index (χ1n) is 15.5. The molecule has 3 aliphatic rings. The van der Waals surface area contributed by atoms with Gasteiger partial charge in [0.15, 0.2) is 0 Å². The van der Waals surface area contributed by atoms with Crippen molar-refractivity contribution in [1.29, 1.82) is 0 Å². The molecule has 0 radical (unpaired) electrons. The van der Waals surface area contributed by atoms with Crippen LogP contribution in [0.4, 0.5) is 20.3 Å². The lowest BCUT2D eigenvalue weighted by Gasteiger charge is -2.38. The number of nitrogens with zero attached hydrogens (tertiary/aromatic N) is 6. The Morgan fingerprint density at radius 1 is 0.977 bits per heavy atom. The third kappa shape index (κ3) is 6.59. The molecule has 0 atom stereocenters. The van der Waals surface area contributed by atoms with Gasteiger partial charge in [-0.05, 0) is 62.4 Å². The minimum Gasteiger partial charge on any atom is -0.463 e. The van der Waals surface area contributed by atoms with Crippen LogP contribution in [-0.4, -0.2) is 84.6 Å². The summed E-state index contributed by atoms with van der Waals surface area (Å²) in [4.78, 5) is 30.6. The molecule has 2 fully saturated rings. The minimum atomic E-state index is -2.55. The lowest BCUT2D eigenvalue weighted by atomic mass is 10.00. The van der Waals surface area contributed by atoms with Crippen LogP contribution in [-0.2, 0) is 17.8 Å². The number of anilines is 2. The lowest BCUT2D eigenvalue weighted by Crippen LogP contribution is -2.49. The second-order valence-corrected chi connectivity index (χ2v) is 11.6. The van der Waals surface area contributed by atoms with Crippen molar-refractivity contribution in [3.8, 4) is 6.01 Å². The standard InChI is InChI=1S/C33H40F2N6O2/c1-2-30(42)39-16-18-40(19-17-39)32-27-11-15-41(29-22-25(31(34)35)21-24-9-4-5-10-26(24)29)23-28(27)36-33(37-32)43-20-8-14-38-12-6-3-7-13-38/h2,4-5,9-10,21-22,31H,1,3,6-8,11-20,23H2. The van der Waals surface area contributed by atoms with Gasteiger partial charge in [-0.2, -0.15) is 9.97 Å². The Balaban J connectivity index is 1.26. The van der Waals surface area contributed by atoms with Crippen LogP contribution in [0.25, 0.3) is 10.8 Å². The molecule has 0 unspecified atom stereocenters. The molecule has 10 heteroatoms. The molecule has 0 spiro atoms. The number of fused-ring (bicyclic) bond motifs is 2. The van der Waals surface area contributed by atoms with Gasteiger partial charge in [0.25, 0.3) is 6.43 Å². The van der Waals surface area contributed by atoms with Crippen molar-refractivity contribution in [2.24, 2.45) is 0 Å². The fourth-order valence-corrected chi connectivity index (χ4v) is 6.52. The highest BCUT2D eigenvalue weighted by molar-refractivity contribution is 5.95. The van der Waals surface area contributed by atoms with Crippen molar-refractivity contribution in [2.45, 2.75) is 45.1 Å². The normalized spacial score (nSPS) is 17.8. The maximum Gasteiger partial charge on any atom is 0.318 e. The van der Waals surface area contributed by atoms with Crippen molar-refractivity contribution in [1.82, 2.24) is 19.8 Å². The molecule has 6 rings (SSSR count). The maximum atomic E-state index is 13.9. The molecule has 1 aromatic heterocycles. The SMILES string of the molecule is C=CC(=O)N1CCN(c2nc(OCCCN3CCCCC3)nc3c2CCN(c2cc(C(F)F)cc4ccccc24)C3)CC1. The van der Waals surface area contributed by atoms with Crippen molar-refractivity contribution in [3.05, 3.63) is 65.9 Å². The number of carbonyl (C=O) groups is 1. The Labute approximate surface area is 251 Å². The van der Waals surface area contributed by atoms with Crippen LogP contribution in [0.3, 0.4) is 0 Å². The first kappa shape index (κ1) is 29.3. The van der Waals surface area contributed by atoms with Crippen molar-refractivity contribution in [2.75, 3.05) is 68.8 Å². The van der Waals surface area contributed by atoms with Gasteiger partial charge >= 0.3 is 6.01 Å². The van der Waals surface area contributed by atoms with E-state index in [0.717, 1.165) is 59.6 Å². The zero-order valence-electron chi connectivity index (χ0n) is 24.7. The van der Waals surface area contributed by atoms with E-state index < -0.39 is 6.43 Å². The second-order valence-electron chi connectivity index (χ2n) is 11.6. The Hall–Kier alpha value is -3.79. The molecule has 2 saturated heterocycles. The summed E-state index contributed by atoms with van der Waals surface area (Å²) in [5, 5.41) is 1.75. The lowest BCUT2D eigenvalue weighted by molar-refractivity contribution is -0.126. The van der Waals surface area contributed by atoms with E-state index in [4.69, 9.17) is 14.7 Å². The van der Waals surface area contributed by atoms with Gasteiger partial charge in [-0.15, -0.1) is 0 Å². The average molecular weight is 591 g/mol. The molecule has 0 bridgehead atoms. The minimum absolute atomic E-state index is 0.0209. The van der Waals surface area contributed by atoms with Crippen LogP contribution < -0.4 is 14.5 Å². The Morgan fingerprint density at radius 2 is 1.77 bits per heavy atom. The van der Waals surface area contributed by atoms with Crippen LogP contribution in [0.2, 0.25) is 0 Å². The molecule has 3 aromatic rings. The number of amides is 1. The monoisotopic (exact) mass is 590 g/mol. The van der Waals surface area contributed by atoms with E-state index in [1.54, 1.807) is 17.0 Å². The Kier molecular flexibility index (Phi) is 9.02. The van der Waals surface area contributed by atoms with Gasteiger partial charge < -0.3 is 24.3 Å². The molecule has 8 nitrogen and oxygen atoms in total. The van der Waals surface area contributed by atoms with Gasteiger partial charge in [-0.25, -0.2) is 8.78 Å². The molecule has 2 aromatic carbocycles. The number of hydrogen-bond donors (Lipinski definition) is 0. The molecule has 228 valence electrons. The maximum absolute atomic E-state index is 13.9. The summed E-state index contributed by atoms with van der Waals surface area (Å²) in [7, 11) is 0. The highest BCUT2D eigenvalue weighted by Gasteiger charge is 2.29. The largest absolute Gasteiger partial charge is 0.463 e. The van der Waals surface area contributed by atoms with Crippen molar-refractivity contribution in [3.63, 3.8) is 0 Å². The molecule has 43 heavy (non-hydrogen) atoms. The zero-order valence-corrected chi connectivity index (χ0v) is 24.7. The molecule has 0 saturated carbocycles. The number of aromatic nitrogens is 2. The Morgan fingerprint density at radius 3 is 2.53 bits per heavy atom. The number of rotatable bonds is 9. The topological polar surface area (TPSA) is 65.0 Å². The van der Waals surface area contributed by atoms with E-state index in [-0.39, 0.29) is 11.5 Å². The van der Waals surface area contributed by atoms with Gasteiger partial charge in [0.2, 0.25) is 5.91 Å². The van der Waals surface area contributed by atoms with E-state index in [9.17, 15) is 13.6 Å². The van der Waals surface area contributed by atoms with Crippen LogP contribution in [0.15, 0.2) is 49.1 Å². The molecular weight excluding hydrogens is 550 g/mol. The summed E-state index contributed by atoms with van der Waals surface area (Å²) in [5.41, 5.74) is 2.74. The van der Waals surface area contributed by atoms with E-state index in [0.29, 0.717) is 58.3 Å². The summed E-state index contributed by atoms with van der Waals surface area (Å²) in [5.74, 6) is 0.795. The summed E-state index contributed by atoms with van der Waals surface area (Å²) >= 11 is 0. The second kappa shape index (κ2) is 13.2. The number of piperazine rings is 1. The van der Waals surface area contributed by atoms with Crippen LogP contribution in [0.1, 0.15) is 48.9 Å². The molecule has 1 amide bonds. The number of piperidine rings is 1. The fourth-order valence-electron chi connectivity index (χ4n) is 6.52. The fraction of sp³-hybridized carbons (Fsp3) is 0.485. The number of carbonyl (C=O) groups excluding carboxylic acids is 1. The van der Waals surface area contributed by atoms with Gasteiger partial charge in [0.05, 0.1) is 18.8 Å². The summed E-state index contributed by atoms with van der Waals surface area (Å²) in [6.45, 7) is 11.1. The molecular formula is C33H40F2N6O2. The number of benzene rings is 2. The molecule has 3 aliphatic heterocycles. The van der Waals surface area contributed by atoms with E-state index >= 15 is 0 Å². The number of alkyl halides is 2. The Bertz CT molecular complexity index is 1450. The third-order valence-corrected chi connectivity index (χ3v) is 8.84. The van der Waals surface area contributed by atoms with Crippen LogP contribution in [0, 0.1) is 0 Å². The zero-order chi connectivity index (χ0) is 29.8. The predicted octanol–water partition coefficient (Wildman–Crippen LogP) is 5.22. The average Bonchev–Trinajstić information content (AvgIpc) is 3.05. The smallest absolute Gasteiger partial charge is 0.318 e. The van der Waals surface area contributed by atoms with Gasteiger partial charge in [0.1, 0.15) is 5.82 Å². The molecule has 0 N–H and O–H groups in total. The van der Waals surface area contributed by atoms with Gasteiger partial charge in [-0.1, -0.05) is 37.3 Å². The number of halogens is 2. The van der Waals surface area contributed by atoms with E-state index in [2.05, 4.69) is 21.3 Å². The number of hydrogen-bond acceptors (Lipinski definition) is 7. The quantitative estimate of drug-likeness (QED) is 0.250. The predicted molar refractivity (Wildman–Crippen MR) is 165 cm³/mol. The van der Waals surface area contributed by atoms with Gasteiger partial charge in [0, 0.05) is 61.5 Å². The summed E-state index contributed by atoms with van der Waals surface area (Å²) < 4.78 is 33.9. The van der Waals surface area contributed by atoms with E-state index in [1.165, 1.54) is 25.3 Å². The molecule has 0 aliphatic carbocycles. The van der Waals surface area contributed by atoms with Crippen LogP contribution in [0.5, 0.6) is 6.01 Å². The van der Waals surface area contributed by atoms with Crippen molar-refractivity contribution >= 4 is 28.2 Å². The number of ether oxygens (including phenoxy) is 1.